The van der Waals surface area contributed by atoms with Gasteiger partial charge in [0.2, 0.25) is 0 Å². The number of rotatable bonds is 25. The summed E-state index contributed by atoms with van der Waals surface area (Å²) in [5.74, 6) is 4.11. The van der Waals surface area contributed by atoms with Gasteiger partial charge in [0.25, 0.3) is 0 Å². The van der Waals surface area contributed by atoms with Crippen LogP contribution in [0, 0.1) is 0 Å². The predicted molar refractivity (Wildman–Crippen MR) is 204 cm³/mol. The van der Waals surface area contributed by atoms with E-state index in [0.29, 0.717) is 26.4 Å². The van der Waals surface area contributed by atoms with Gasteiger partial charge in [-0.15, -0.1) is 0 Å². The smallest absolute Gasteiger partial charge is 0.161 e. The molecule has 0 fully saturated rings. The van der Waals surface area contributed by atoms with E-state index >= 15 is 0 Å². The van der Waals surface area contributed by atoms with Crippen molar-refractivity contribution in [3.63, 3.8) is 0 Å². The molecule has 0 N–H and O–H groups in total. The molecule has 4 aromatic carbocycles. The zero-order chi connectivity index (χ0) is 34.0. The molecule has 4 rings (SSSR count). The Morgan fingerprint density at radius 3 is 0.979 bits per heavy atom. The number of fused-ring (bicyclic) bond motifs is 6. The third-order valence-corrected chi connectivity index (χ3v) is 9.29. The van der Waals surface area contributed by atoms with E-state index in [1.54, 1.807) is 7.11 Å². The van der Waals surface area contributed by atoms with Crippen molar-refractivity contribution < 1.29 is 23.7 Å². The number of hydrogen-bond donors (Lipinski definition) is 0. The highest BCUT2D eigenvalue weighted by Gasteiger charge is 2.18. The monoisotopic (exact) mass is 658 g/mol. The van der Waals surface area contributed by atoms with Crippen molar-refractivity contribution in [3.8, 4) is 28.7 Å². The molecule has 0 bridgehead atoms. The SMILES string of the molecule is CCCCCCOc1cc2c3ccc(OC)cc3c3cc(OCCCCCC)c(OCCCCCC)cc3c2cc1OCCCCCC. The molecular formula is C43H62O5. The molecule has 48 heavy (non-hydrogen) atoms. The third kappa shape index (κ3) is 10.6. The Bertz CT molecular complexity index is 1530. The van der Waals surface area contributed by atoms with Crippen LogP contribution < -0.4 is 23.7 Å². The second-order valence-electron chi connectivity index (χ2n) is 13.2. The van der Waals surface area contributed by atoms with Crippen LogP contribution in [-0.4, -0.2) is 33.5 Å². The third-order valence-electron chi connectivity index (χ3n) is 9.29. The Morgan fingerprint density at radius 2 is 0.667 bits per heavy atom. The fourth-order valence-electron chi connectivity index (χ4n) is 6.41. The highest BCUT2D eigenvalue weighted by molar-refractivity contribution is 6.26. The van der Waals surface area contributed by atoms with Crippen LogP contribution >= 0.6 is 0 Å². The molecular weight excluding hydrogens is 596 g/mol. The molecule has 0 aliphatic rings. The van der Waals surface area contributed by atoms with E-state index < -0.39 is 0 Å². The van der Waals surface area contributed by atoms with E-state index in [1.165, 1.54) is 77.0 Å². The van der Waals surface area contributed by atoms with Crippen molar-refractivity contribution in [3.05, 3.63) is 42.5 Å². The number of methoxy groups -OCH3 is 1. The Morgan fingerprint density at radius 1 is 0.354 bits per heavy atom. The van der Waals surface area contributed by atoms with E-state index in [9.17, 15) is 0 Å². The summed E-state index contributed by atoms with van der Waals surface area (Å²) < 4.78 is 31.7. The van der Waals surface area contributed by atoms with Crippen molar-refractivity contribution in [2.24, 2.45) is 0 Å². The summed E-state index contributed by atoms with van der Waals surface area (Å²) in [6.45, 7) is 11.7. The van der Waals surface area contributed by atoms with Crippen LogP contribution in [0.2, 0.25) is 0 Å². The fraction of sp³-hybridized carbons (Fsp3) is 0.581. The summed E-state index contributed by atoms with van der Waals surface area (Å²) >= 11 is 0. The molecule has 5 nitrogen and oxygen atoms in total. The van der Waals surface area contributed by atoms with Crippen molar-refractivity contribution in [2.45, 2.75) is 130 Å². The highest BCUT2D eigenvalue weighted by Crippen LogP contribution is 2.45. The minimum absolute atomic E-state index is 0.680. The number of hydrogen-bond acceptors (Lipinski definition) is 5. The molecule has 0 aliphatic heterocycles. The molecule has 0 unspecified atom stereocenters. The molecule has 0 radical (unpaired) electrons. The molecule has 0 aromatic heterocycles. The van der Waals surface area contributed by atoms with Crippen LogP contribution in [0.25, 0.3) is 32.3 Å². The van der Waals surface area contributed by atoms with Crippen LogP contribution in [-0.2, 0) is 0 Å². The fourth-order valence-corrected chi connectivity index (χ4v) is 6.41. The topological polar surface area (TPSA) is 46.2 Å². The van der Waals surface area contributed by atoms with E-state index in [1.807, 2.05) is 0 Å². The predicted octanol–water partition coefficient (Wildman–Crippen LogP) is 13.0. The minimum Gasteiger partial charge on any atom is -0.497 e. The summed E-state index contributed by atoms with van der Waals surface area (Å²) in [6, 6.07) is 15.2. The Balaban J connectivity index is 1.84. The van der Waals surface area contributed by atoms with Crippen molar-refractivity contribution >= 4 is 32.3 Å². The van der Waals surface area contributed by atoms with Gasteiger partial charge in [0, 0.05) is 0 Å². The molecule has 264 valence electrons. The van der Waals surface area contributed by atoms with E-state index in [4.69, 9.17) is 23.7 Å². The summed E-state index contributed by atoms with van der Waals surface area (Å²) in [6.07, 6.45) is 18.6. The maximum atomic E-state index is 6.51. The van der Waals surface area contributed by atoms with E-state index in [2.05, 4.69) is 70.2 Å². The maximum Gasteiger partial charge on any atom is 0.161 e. The first kappa shape index (κ1) is 37.5. The standard InChI is InChI=1S/C43H62O5/c1-6-10-14-18-24-45-40-29-36-34-23-22-33(44-5)28-35(34)37-30-41(46-25-19-15-11-7-2)43(48-27-21-17-13-9-4)32-39(37)38(36)31-42(40)47-26-20-16-12-8-3/h22-23,28-32H,6-21,24-27H2,1-5H3. The second kappa shape index (κ2) is 20.9. The number of ether oxygens (including phenoxy) is 5. The quantitative estimate of drug-likeness (QED) is 0.0524. The lowest BCUT2D eigenvalue weighted by atomic mass is 9.93. The molecule has 0 atom stereocenters. The molecule has 0 saturated carbocycles. The second-order valence-corrected chi connectivity index (χ2v) is 13.2. The van der Waals surface area contributed by atoms with Crippen LogP contribution in [0.4, 0.5) is 0 Å². The number of unbranched alkanes of at least 4 members (excludes halogenated alkanes) is 12. The van der Waals surface area contributed by atoms with Crippen LogP contribution in [0.15, 0.2) is 42.5 Å². The van der Waals surface area contributed by atoms with Crippen LogP contribution in [0.1, 0.15) is 130 Å². The summed E-state index contributed by atoms with van der Waals surface area (Å²) in [7, 11) is 1.73. The molecule has 4 aromatic rings. The normalized spacial score (nSPS) is 11.4. The van der Waals surface area contributed by atoms with Gasteiger partial charge in [-0.25, -0.2) is 0 Å². The van der Waals surface area contributed by atoms with E-state index in [-0.39, 0.29) is 0 Å². The molecule has 0 aliphatic carbocycles. The van der Waals surface area contributed by atoms with Gasteiger partial charge in [0.05, 0.1) is 33.5 Å². The molecule has 0 heterocycles. The molecule has 0 spiro atoms. The Hall–Kier alpha value is -3.34. The van der Waals surface area contributed by atoms with Gasteiger partial charge in [-0.05, 0) is 94.4 Å². The zero-order valence-electron chi connectivity index (χ0n) is 30.7. The lowest BCUT2D eigenvalue weighted by molar-refractivity contribution is 0.259. The summed E-state index contributed by atoms with van der Waals surface area (Å²) in [5, 5.41) is 6.81. The highest BCUT2D eigenvalue weighted by atomic mass is 16.5. The van der Waals surface area contributed by atoms with Gasteiger partial charge in [-0.2, -0.15) is 0 Å². The van der Waals surface area contributed by atoms with Gasteiger partial charge in [-0.1, -0.05) is 111 Å². The average Bonchev–Trinajstić information content (AvgIpc) is 3.11. The lowest BCUT2D eigenvalue weighted by Crippen LogP contribution is -2.04. The Labute approximate surface area is 290 Å². The molecule has 0 saturated heterocycles. The average molecular weight is 659 g/mol. The lowest BCUT2D eigenvalue weighted by Gasteiger charge is -2.19. The molecule has 0 amide bonds. The zero-order valence-corrected chi connectivity index (χ0v) is 30.7. The number of benzene rings is 4. The van der Waals surface area contributed by atoms with Crippen LogP contribution in [0.3, 0.4) is 0 Å². The summed E-state index contributed by atoms with van der Waals surface area (Å²) in [5.41, 5.74) is 0. The summed E-state index contributed by atoms with van der Waals surface area (Å²) in [4.78, 5) is 0. The van der Waals surface area contributed by atoms with Gasteiger partial charge in [0.15, 0.2) is 23.0 Å². The van der Waals surface area contributed by atoms with Crippen LogP contribution in [0.5, 0.6) is 28.7 Å². The Kier molecular flexibility index (Phi) is 16.3. The molecule has 5 heteroatoms. The largest absolute Gasteiger partial charge is 0.497 e. The maximum absolute atomic E-state index is 6.51. The van der Waals surface area contributed by atoms with Gasteiger partial charge < -0.3 is 23.7 Å². The minimum atomic E-state index is 0.680. The van der Waals surface area contributed by atoms with Crippen molar-refractivity contribution in [1.82, 2.24) is 0 Å². The van der Waals surface area contributed by atoms with Crippen molar-refractivity contribution in [1.29, 1.82) is 0 Å². The van der Waals surface area contributed by atoms with Gasteiger partial charge in [0.1, 0.15) is 5.75 Å². The van der Waals surface area contributed by atoms with Gasteiger partial charge >= 0.3 is 0 Å². The van der Waals surface area contributed by atoms with E-state index in [0.717, 1.165) is 86.7 Å². The first-order chi connectivity index (χ1) is 23.6. The first-order valence-corrected chi connectivity index (χ1v) is 19.2. The van der Waals surface area contributed by atoms with Crippen molar-refractivity contribution in [2.75, 3.05) is 33.5 Å². The first-order valence-electron chi connectivity index (χ1n) is 19.2. The van der Waals surface area contributed by atoms with Gasteiger partial charge in [-0.3, -0.25) is 0 Å².